The molecule has 8 heteroatoms. The summed E-state index contributed by atoms with van der Waals surface area (Å²) >= 11 is 0. The molecule has 4 atom stereocenters. The fraction of sp³-hybridized carbons (Fsp3) is 0.444. The van der Waals surface area contributed by atoms with E-state index in [1.807, 2.05) is 30.3 Å². The number of fused-ring (bicyclic) bond motifs is 1. The van der Waals surface area contributed by atoms with E-state index in [2.05, 4.69) is 4.99 Å². The van der Waals surface area contributed by atoms with E-state index in [1.165, 1.54) is 4.90 Å². The Morgan fingerprint density at radius 2 is 2.27 bits per heavy atom. The summed E-state index contributed by atoms with van der Waals surface area (Å²) in [4.78, 5) is 17.9. The van der Waals surface area contributed by atoms with Crippen molar-refractivity contribution in [2.75, 3.05) is 20.3 Å². The summed E-state index contributed by atoms with van der Waals surface area (Å²) in [7, 11) is 1.60. The first kappa shape index (κ1) is 17.0. The minimum Gasteiger partial charge on any atom is -0.497 e. The highest BCUT2D eigenvalue weighted by molar-refractivity contribution is 6.00. The summed E-state index contributed by atoms with van der Waals surface area (Å²) < 4.78 is 16.6. The fourth-order valence-corrected chi connectivity index (χ4v) is 3.41. The summed E-state index contributed by atoms with van der Waals surface area (Å²) in [5.74, 6) is 1.52. The van der Waals surface area contributed by atoms with Crippen LogP contribution in [0.5, 0.6) is 5.75 Å². The quantitative estimate of drug-likeness (QED) is 0.831. The summed E-state index contributed by atoms with van der Waals surface area (Å²) in [6.07, 6.45) is 0.0880. The molecular formula is C18H20N2O6. The Balaban J connectivity index is 1.53. The number of hydrogen-bond acceptors (Lipinski definition) is 6. The van der Waals surface area contributed by atoms with E-state index in [-0.39, 0.29) is 18.9 Å². The van der Waals surface area contributed by atoms with Crippen LogP contribution in [0.4, 0.5) is 4.79 Å². The second-order valence-corrected chi connectivity index (χ2v) is 6.47. The van der Waals surface area contributed by atoms with Crippen molar-refractivity contribution in [3.8, 4) is 5.75 Å². The van der Waals surface area contributed by atoms with Crippen LogP contribution < -0.4 is 4.74 Å². The van der Waals surface area contributed by atoms with Gasteiger partial charge in [-0.25, -0.2) is 4.79 Å². The number of aliphatic imine (C=N–C) groups is 1. The number of ether oxygens (including phenoxy) is 3. The van der Waals surface area contributed by atoms with Crippen LogP contribution in [0.15, 0.2) is 35.3 Å². The molecule has 26 heavy (non-hydrogen) atoms. The van der Waals surface area contributed by atoms with E-state index in [9.17, 15) is 15.0 Å². The normalized spacial score (nSPS) is 30.6. The number of aliphatic hydroxyl groups is 2. The lowest BCUT2D eigenvalue weighted by Gasteiger charge is -2.31. The Kier molecular flexibility index (Phi) is 4.39. The van der Waals surface area contributed by atoms with Crippen molar-refractivity contribution in [3.63, 3.8) is 0 Å². The van der Waals surface area contributed by atoms with Gasteiger partial charge in [0.1, 0.15) is 23.8 Å². The van der Waals surface area contributed by atoms with Crippen LogP contribution in [0.2, 0.25) is 0 Å². The van der Waals surface area contributed by atoms with Gasteiger partial charge in [-0.1, -0.05) is 12.1 Å². The van der Waals surface area contributed by atoms with Crippen molar-refractivity contribution in [1.29, 1.82) is 0 Å². The Hall–Kier alpha value is -2.42. The van der Waals surface area contributed by atoms with E-state index in [1.54, 1.807) is 7.11 Å². The molecule has 2 amide bonds. The van der Waals surface area contributed by atoms with Crippen molar-refractivity contribution in [3.05, 3.63) is 35.9 Å². The average molecular weight is 359 g/mol. The number of nitrogens with zero attached hydrogens (tertiary/aromatic N) is 2. The number of hydrogen-bond donors (Lipinski definition) is 2. The van der Waals surface area contributed by atoms with Gasteiger partial charge in [0, 0.05) is 18.5 Å². The van der Waals surface area contributed by atoms with E-state index in [0.29, 0.717) is 24.0 Å². The molecule has 1 aromatic rings. The minimum absolute atomic E-state index is 0.178. The molecule has 3 aliphatic heterocycles. The van der Waals surface area contributed by atoms with Gasteiger partial charge in [0.15, 0.2) is 0 Å². The molecule has 1 aromatic carbocycles. The van der Waals surface area contributed by atoms with E-state index < -0.39 is 24.5 Å². The Morgan fingerprint density at radius 3 is 3.00 bits per heavy atom. The first-order valence-corrected chi connectivity index (χ1v) is 8.46. The molecule has 0 radical (unpaired) electrons. The molecule has 1 fully saturated rings. The molecule has 2 N–H and O–H groups in total. The lowest BCUT2D eigenvalue weighted by Crippen LogP contribution is -2.46. The van der Waals surface area contributed by atoms with Crippen LogP contribution in [0.25, 0.3) is 5.76 Å². The molecule has 0 aliphatic carbocycles. The van der Waals surface area contributed by atoms with Gasteiger partial charge in [-0.2, -0.15) is 4.99 Å². The second-order valence-electron chi connectivity index (χ2n) is 6.47. The Labute approximate surface area is 150 Å². The maximum absolute atomic E-state index is 12.4. The standard InChI is InChI=1S/C18H20N2O6/c1-24-12-4-2-3-10(5-12)14-6-11-8-20(18(23)19-17(11)26-14)16-7-13(22)15(9-21)25-16/h2-6,11,13,15-16,21-22H,7-9H2,1H3/t11?,13-,15+,16+/m0/s1/i1-1. The largest absolute Gasteiger partial charge is 0.497 e. The average Bonchev–Trinajstić information content (AvgIpc) is 3.23. The molecule has 1 unspecified atom stereocenters. The molecule has 0 bridgehead atoms. The number of methoxy groups -OCH3 is 1. The van der Waals surface area contributed by atoms with Crippen LogP contribution in [0.1, 0.15) is 12.0 Å². The number of carbonyl (C=O) groups excluding carboxylic acids is 1. The molecule has 4 rings (SSSR count). The lowest BCUT2D eigenvalue weighted by molar-refractivity contribution is -0.0647. The highest BCUT2D eigenvalue weighted by Gasteiger charge is 2.43. The lowest BCUT2D eigenvalue weighted by atomic mass is 10.1. The van der Waals surface area contributed by atoms with Crippen molar-refractivity contribution in [2.24, 2.45) is 10.9 Å². The van der Waals surface area contributed by atoms with Crippen LogP contribution in [0, 0.1) is 5.92 Å². The van der Waals surface area contributed by atoms with Crippen molar-refractivity contribution in [2.45, 2.75) is 24.9 Å². The first-order chi connectivity index (χ1) is 12.6. The maximum atomic E-state index is 12.4. The molecule has 8 nitrogen and oxygen atoms in total. The van der Waals surface area contributed by atoms with Crippen molar-refractivity contribution < 1.29 is 29.2 Å². The molecule has 0 saturated carbocycles. The van der Waals surface area contributed by atoms with E-state index >= 15 is 0 Å². The number of benzene rings is 1. The zero-order valence-corrected chi connectivity index (χ0v) is 14.2. The third-order valence-electron chi connectivity index (χ3n) is 4.82. The monoisotopic (exact) mass is 359 g/mol. The predicted molar refractivity (Wildman–Crippen MR) is 91.5 cm³/mol. The highest BCUT2D eigenvalue weighted by Crippen LogP contribution is 2.34. The van der Waals surface area contributed by atoms with Gasteiger partial charge < -0.3 is 24.4 Å². The maximum Gasteiger partial charge on any atom is 0.348 e. The summed E-state index contributed by atoms with van der Waals surface area (Å²) in [5.41, 5.74) is 0.841. The summed E-state index contributed by atoms with van der Waals surface area (Å²) in [6, 6.07) is 6.99. The number of amides is 2. The second kappa shape index (κ2) is 6.71. The summed E-state index contributed by atoms with van der Waals surface area (Å²) in [5, 5.41) is 19.1. The van der Waals surface area contributed by atoms with E-state index in [0.717, 1.165) is 5.56 Å². The number of aliphatic hydroxyl groups excluding tert-OH is 2. The molecule has 0 aromatic heterocycles. The topological polar surface area (TPSA) is 101 Å². The van der Waals surface area contributed by atoms with Gasteiger partial charge in [-0.05, 0) is 18.2 Å². The molecular weight excluding hydrogens is 339 g/mol. The third kappa shape index (κ3) is 2.96. The number of urea groups is 1. The first-order valence-electron chi connectivity index (χ1n) is 8.46. The summed E-state index contributed by atoms with van der Waals surface area (Å²) in [6.45, 7) is 0.0569. The van der Waals surface area contributed by atoms with Gasteiger partial charge in [0.2, 0.25) is 5.90 Å². The SMILES string of the molecule is [11CH3]Oc1cccc(C2=CC3CN([C@H]4C[C@H](O)[C@@H](CO)O4)C(=O)N=C3O2)c1. The van der Waals surface area contributed by atoms with Crippen LogP contribution in [-0.4, -0.2) is 65.7 Å². The molecule has 3 heterocycles. The minimum atomic E-state index is -0.800. The molecule has 138 valence electrons. The fourth-order valence-electron chi connectivity index (χ4n) is 3.41. The van der Waals surface area contributed by atoms with Crippen molar-refractivity contribution in [1.82, 2.24) is 4.90 Å². The van der Waals surface area contributed by atoms with Crippen LogP contribution in [-0.2, 0) is 9.47 Å². The zero-order chi connectivity index (χ0) is 18.3. The third-order valence-corrected chi connectivity index (χ3v) is 4.82. The van der Waals surface area contributed by atoms with Crippen LogP contribution in [0.3, 0.4) is 0 Å². The number of rotatable bonds is 4. The molecule has 3 aliphatic rings. The van der Waals surface area contributed by atoms with Gasteiger partial charge in [-0.15, -0.1) is 0 Å². The Bertz CT molecular complexity index is 777. The van der Waals surface area contributed by atoms with E-state index in [4.69, 9.17) is 14.2 Å². The number of carbonyl (C=O) groups is 1. The Morgan fingerprint density at radius 1 is 1.42 bits per heavy atom. The highest BCUT2D eigenvalue weighted by atomic mass is 16.5. The van der Waals surface area contributed by atoms with Gasteiger partial charge >= 0.3 is 6.03 Å². The van der Waals surface area contributed by atoms with Gasteiger partial charge in [-0.3, -0.25) is 4.90 Å². The van der Waals surface area contributed by atoms with Crippen LogP contribution >= 0.6 is 0 Å². The van der Waals surface area contributed by atoms with Gasteiger partial charge in [0.25, 0.3) is 0 Å². The predicted octanol–water partition coefficient (Wildman–Crippen LogP) is 0.985. The zero-order valence-electron chi connectivity index (χ0n) is 14.2. The molecule has 1 saturated heterocycles. The smallest absolute Gasteiger partial charge is 0.348 e. The molecule has 0 spiro atoms. The van der Waals surface area contributed by atoms with Gasteiger partial charge in [0.05, 0.1) is 25.7 Å². The van der Waals surface area contributed by atoms with Crippen molar-refractivity contribution >= 4 is 17.7 Å².